The van der Waals surface area contributed by atoms with Gasteiger partial charge in [-0.05, 0) is 31.4 Å². The third-order valence-electron chi connectivity index (χ3n) is 2.67. The fourth-order valence-electron chi connectivity index (χ4n) is 1.74. The van der Waals surface area contributed by atoms with Gasteiger partial charge in [0.05, 0.1) is 0 Å². The summed E-state index contributed by atoms with van der Waals surface area (Å²) in [6.45, 7) is 0. The fourth-order valence-corrected chi connectivity index (χ4v) is 1.74. The van der Waals surface area contributed by atoms with Gasteiger partial charge in [-0.2, -0.15) is 0 Å². The van der Waals surface area contributed by atoms with Crippen LogP contribution in [0.3, 0.4) is 0 Å². The zero-order chi connectivity index (χ0) is 11.4. The smallest absolute Gasteiger partial charge is 0.229 e. The zero-order valence-electron chi connectivity index (χ0n) is 8.89. The van der Waals surface area contributed by atoms with Crippen LogP contribution in [0, 0.1) is 5.92 Å². The average Bonchev–Trinajstić information content (AvgIpc) is 2.33. The molecule has 1 aliphatic rings. The summed E-state index contributed by atoms with van der Waals surface area (Å²) in [6, 6.07) is 3.12. The number of hydrogen-bond acceptors (Lipinski definition) is 3. The summed E-state index contributed by atoms with van der Waals surface area (Å²) in [5.74, 6) is 0.161. The van der Waals surface area contributed by atoms with E-state index in [0.717, 1.165) is 19.3 Å². The number of allylic oxidation sites excluding steroid dienone is 2. The first-order valence-corrected chi connectivity index (χ1v) is 5.37. The highest BCUT2D eigenvalue weighted by atomic mass is 16.3. The Morgan fingerprint density at radius 1 is 1.50 bits per heavy atom. The quantitative estimate of drug-likeness (QED) is 0.747. The molecule has 2 rings (SSSR count). The first-order chi connectivity index (χ1) is 7.77. The van der Waals surface area contributed by atoms with Gasteiger partial charge in [-0.15, -0.1) is 0 Å². The third kappa shape index (κ3) is 2.39. The summed E-state index contributed by atoms with van der Waals surface area (Å²) in [5, 5.41) is 12.1. The molecule has 84 valence electrons. The second-order valence-electron chi connectivity index (χ2n) is 3.84. The highest BCUT2D eigenvalue weighted by molar-refractivity contribution is 5.92. The summed E-state index contributed by atoms with van der Waals surface area (Å²) in [7, 11) is 0. The lowest BCUT2D eigenvalue weighted by Crippen LogP contribution is -2.23. The Bertz CT molecular complexity index is 415. The van der Waals surface area contributed by atoms with Gasteiger partial charge >= 0.3 is 0 Å². The lowest BCUT2D eigenvalue weighted by Gasteiger charge is -2.17. The summed E-state index contributed by atoms with van der Waals surface area (Å²) < 4.78 is 0. The molecule has 1 amide bonds. The minimum absolute atomic E-state index is 0.00204. The van der Waals surface area contributed by atoms with Crippen molar-refractivity contribution in [1.29, 1.82) is 0 Å². The van der Waals surface area contributed by atoms with Gasteiger partial charge in [0.2, 0.25) is 5.91 Å². The lowest BCUT2D eigenvalue weighted by molar-refractivity contribution is -0.120. The number of aromatic hydroxyl groups is 1. The van der Waals surface area contributed by atoms with Crippen molar-refractivity contribution in [3.05, 3.63) is 30.5 Å². The molecule has 0 radical (unpaired) electrons. The molecule has 4 heteroatoms. The van der Waals surface area contributed by atoms with Crippen molar-refractivity contribution in [1.82, 2.24) is 4.98 Å². The minimum Gasteiger partial charge on any atom is -0.504 e. The van der Waals surface area contributed by atoms with Gasteiger partial charge in [-0.25, -0.2) is 4.98 Å². The fraction of sp³-hybridized carbons (Fsp3) is 0.333. The maximum Gasteiger partial charge on any atom is 0.229 e. The summed E-state index contributed by atoms with van der Waals surface area (Å²) >= 11 is 0. The Morgan fingerprint density at radius 3 is 3.06 bits per heavy atom. The van der Waals surface area contributed by atoms with Gasteiger partial charge in [0, 0.05) is 12.1 Å². The van der Waals surface area contributed by atoms with Gasteiger partial charge in [-0.3, -0.25) is 4.79 Å². The second kappa shape index (κ2) is 4.79. The molecule has 0 aliphatic heterocycles. The number of nitrogens with zero attached hydrogens (tertiary/aromatic N) is 1. The van der Waals surface area contributed by atoms with Gasteiger partial charge in [-0.1, -0.05) is 12.2 Å². The average molecular weight is 218 g/mol. The third-order valence-corrected chi connectivity index (χ3v) is 2.67. The van der Waals surface area contributed by atoms with Crippen LogP contribution in [0.25, 0.3) is 0 Å². The Balaban J connectivity index is 2.02. The summed E-state index contributed by atoms with van der Waals surface area (Å²) in [5.41, 5.74) is 0. The molecule has 0 bridgehead atoms. The Labute approximate surface area is 94.0 Å². The van der Waals surface area contributed by atoms with Crippen molar-refractivity contribution < 1.29 is 9.90 Å². The highest BCUT2D eigenvalue weighted by Crippen LogP contribution is 2.23. The van der Waals surface area contributed by atoms with Crippen molar-refractivity contribution >= 4 is 11.7 Å². The molecule has 0 aromatic carbocycles. The van der Waals surface area contributed by atoms with Crippen molar-refractivity contribution in [2.75, 3.05) is 5.32 Å². The first-order valence-electron chi connectivity index (χ1n) is 5.37. The van der Waals surface area contributed by atoms with E-state index in [9.17, 15) is 9.90 Å². The number of hydrogen-bond donors (Lipinski definition) is 2. The van der Waals surface area contributed by atoms with Crippen LogP contribution in [-0.2, 0) is 4.79 Å². The van der Waals surface area contributed by atoms with Crippen LogP contribution >= 0.6 is 0 Å². The van der Waals surface area contributed by atoms with E-state index in [1.807, 2.05) is 6.08 Å². The van der Waals surface area contributed by atoms with E-state index in [1.165, 1.54) is 12.3 Å². The van der Waals surface area contributed by atoms with E-state index >= 15 is 0 Å². The van der Waals surface area contributed by atoms with E-state index in [1.54, 1.807) is 6.07 Å². The van der Waals surface area contributed by atoms with E-state index in [0.29, 0.717) is 0 Å². The minimum atomic E-state index is -0.0710. The van der Waals surface area contributed by atoms with E-state index in [4.69, 9.17) is 0 Å². The molecule has 1 unspecified atom stereocenters. The Hall–Kier alpha value is -1.84. The lowest BCUT2D eigenvalue weighted by atomic mass is 9.94. The number of rotatable bonds is 2. The number of anilines is 1. The van der Waals surface area contributed by atoms with Crippen molar-refractivity contribution in [3.8, 4) is 5.75 Å². The van der Waals surface area contributed by atoms with E-state index in [-0.39, 0.29) is 23.4 Å². The summed E-state index contributed by atoms with van der Waals surface area (Å²) in [6.07, 6.45) is 8.20. The van der Waals surface area contributed by atoms with Gasteiger partial charge in [0.25, 0.3) is 0 Å². The Morgan fingerprint density at radius 2 is 2.38 bits per heavy atom. The molecule has 1 aromatic heterocycles. The predicted molar refractivity (Wildman–Crippen MR) is 61.0 cm³/mol. The molecular weight excluding hydrogens is 204 g/mol. The molecule has 0 spiro atoms. The van der Waals surface area contributed by atoms with Crippen LogP contribution < -0.4 is 5.32 Å². The SMILES string of the molecule is O=C(Nc1ncccc1O)C1CC=CCC1. The van der Waals surface area contributed by atoms with Crippen LogP contribution in [0.4, 0.5) is 5.82 Å². The number of carbonyl (C=O) groups is 1. The normalized spacial score (nSPS) is 19.4. The van der Waals surface area contributed by atoms with Crippen LogP contribution in [0.1, 0.15) is 19.3 Å². The van der Waals surface area contributed by atoms with E-state index in [2.05, 4.69) is 16.4 Å². The molecule has 16 heavy (non-hydrogen) atoms. The maximum atomic E-state index is 11.8. The molecule has 2 N–H and O–H groups in total. The molecule has 0 saturated carbocycles. The van der Waals surface area contributed by atoms with Crippen LogP contribution in [0.2, 0.25) is 0 Å². The summed E-state index contributed by atoms with van der Waals surface area (Å²) in [4.78, 5) is 15.7. The second-order valence-corrected chi connectivity index (χ2v) is 3.84. The first kappa shape index (κ1) is 10.7. The molecule has 4 nitrogen and oxygen atoms in total. The standard InChI is InChI=1S/C12H14N2O2/c15-10-7-4-8-13-11(10)14-12(16)9-5-2-1-3-6-9/h1-2,4,7-9,15H,3,5-6H2,(H,13,14,16). The van der Waals surface area contributed by atoms with Gasteiger partial charge in [0.1, 0.15) is 0 Å². The van der Waals surface area contributed by atoms with Crippen LogP contribution in [-0.4, -0.2) is 16.0 Å². The molecule has 1 atom stereocenters. The number of carbonyl (C=O) groups excluding carboxylic acids is 1. The molecule has 1 heterocycles. The van der Waals surface area contributed by atoms with Gasteiger partial charge in [0.15, 0.2) is 11.6 Å². The predicted octanol–water partition coefficient (Wildman–Crippen LogP) is 2.08. The number of pyridine rings is 1. The van der Waals surface area contributed by atoms with Gasteiger partial charge < -0.3 is 10.4 Å². The molecule has 0 saturated heterocycles. The molecule has 1 aromatic rings. The highest BCUT2D eigenvalue weighted by Gasteiger charge is 2.19. The molecule has 1 aliphatic carbocycles. The van der Waals surface area contributed by atoms with E-state index < -0.39 is 0 Å². The number of aromatic nitrogens is 1. The van der Waals surface area contributed by atoms with Crippen molar-refractivity contribution in [2.24, 2.45) is 5.92 Å². The topological polar surface area (TPSA) is 62.2 Å². The Kier molecular flexibility index (Phi) is 3.19. The van der Waals surface area contributed by atoms with Crippen LogP contribution in [0.15, 0.2) is 30.5 Å². The zero-order valence-corrected chi connectivity index (χ0v) is 8.89. The monoisotopic (exact) mass is 218 g/mol. The maximum absolute atomic E-state index is 11.8. The molecular formula is C12H14N2O2. The van der Waals surface area contributed by atoms with Crippen molar-refractivity contribution in [2.45, 2.75) is 19.3 Å². The largest absolute Gasteiger partial charge is 0.504 e. The molecule has 0 fully saturated rings. The number of nitrogens with one attached hydrogen (secondary N) is 1. The van der Waals surface area contributed by atoms with Crippen molar-refractivity contribution in [3.63, 3.8) is 0 Å². The number of amides is 1. The van der Waals surface area contributed by atoms with Crippen LogP contribution in [0.5, 0.6) is 5.75 Å².